The van der Waals surface area contributed by atoms with Gasteiger partial charge in [0.05, 0.1) is 11.1 Å². The van der Waals surface area contributed by atoms with Gasteiger partial charge in [-0.1, -0.05) is 36.7 Å². The summed E-state index contributed by atoms with van der Waals surface area (Å²) in [5.74, 6) is -1.17. The van der Waals surface area contributed by atoms with Crippen molar-refractivity contribution in [2.75, 3.05) is 19.6 Å². The Morgan fingerprint density at radius 1 is 1.11 bits per heavy atom. The molecule has 0 bridgehead atoms. The number of imide groups is 1. The maximum Gasteiger partial charge on any atom is 0.262 e. The molecule has 2 aliphatic heterocycles. The van der Waals surface area contributed by atoms with Gasteiger partial charge in [-0.05, 0) is 31.0 Å². The highest BCUT2D eigenvalue weighted by molar-refractivity contribution is 9.10. The third-order valence-corrected chi connectivity index (χ3v) is 5.52. The first-order chi connectivity index (χ1) is 13.1. The van der Waals surface area contributed by atoms with Crippen molar-refractivity contribution in [1.29, 1.82) is 0 Å². The van der Waals surface area contributed by atoms with Crippen LogP contribution in [-0.2, 0) is 9.59 Å². The molecule has 4 amide bonds. The minimum Gasteiger partial charge on any atom is -0.352 e. The third kappa shape index (κ3) is 4.11. The Morgan fingerprint density at radius 3 is 2.32 bits per heavy atom. The minimum atomic E-state index is -0.456. The van der Waals surface area contributed by atoms with Crippen molar-refractivity contribution in [2.24, 2.45) is 5.41 Å². The summed E-state index contributed by atoms with van der Waals surface area (Å²) in [5.41, 5.74) is 0.201. The van der Waals surface area contributed by atoms with Gasteiger partial charge in [0.15, 0.2) is 0 Å². The Bertz CT molecular complexity index is 838. The Balaban J connectivity index is 1.54. The zero-order valence-corrected chi connectivity index (χ0v) is 17.8. The van der Waals surface area contributed by atoms with E-state index in [1.807, 2.05) is 25.7 Å². The fourth-order valence-electron chi connectivity index (χ4n) is 3.52. The quantitative estimate of drug-likeness (QED) is 0.716. The molecule has 1 N–H and O–H groups in total. The molecule has 8 heteroatoms. The van der Waals surface area contributed by atoms with Crippen LogP contribution in [0.4, 0.5) is 0 Å². The number of carbonyl (C=O) groups is 4. The molecule has 2 aliphatic rings. The number of piperidine rings is 1. The van der Waals surface area contributed by atoms with Crippen LogP contribution in [0.5, 0.6) is 0 Å². The van der Waals surface area contributed by atoms with Crippen LogP contribution in [0.3, 0.4) is 0 Å². The smallest absolute Gasteiger partial charge is 0.262 e. The fraction of sp³-hybridized carbons (Fsp3) is 0.500. The van der Waals surface area contributed by atoms with Crippen molar-refractivity contribution in [2.45, 2.75) is 39.7 Å². The van der Waals surface area contributed by atoms with Gasteiger partial charge in [0.25, 0.3) is 11.8 Å². The number of nitrogens with one attached hydrogen (secondary N) is 1. The minimum absolute atomic E-state index is 0.0687. The van der Waals surface area contributed by atoms with Crippen molar-refractivity contribution in [1.82, 2.24) is 15.1 Å². The van der Waals surface area contributed by atoms with E-state index >= 15 is 0 Å². The highest BCUT2D eigenvalue weighted by atomic mass is 79.9. The van der Waals surface area contributed by atoms with Crippen molar-refractivity contribution in [3.8, 4) is 0 Å². The number of fused-ring (bicyclic) bond motifs is 1. The Labute approximate surface area is 172 Å². The van der Waals surface area contributed by atoms with Gasteiger partial charge < -0.3 is 10.2 Å². The first-order valence-electron chi connectivity index (χ1n) is 9.32. The molecule has 150 valence electrons. The van der Waals surface area contributed by atoms with Crippen LogP contribution in [-0.4, -0.2) is 59.1 Å². The Morgan fingerprint density at radius 2 is 1.71 bits per heavy atom. The van der Waals surface area contributed by atoms with E-state index in [0.717, 1.165) is 4.90 Å². The average Bonchev–Trinajstić information content (AvgIpc) is 2.85. The van der Waals surface area contributed by atoms with Gasteiger partial charge >= 0.3 is 0 Å². The van der Waals surface area contributed by atoms with Crippen LogP contribution in [0, 0.1) is 5.41 Å². The molecule has 1 fully saturated rings. The van der Waals surface area contributed by atoms with E-state index in [1.165, 1.54) is 0 Å². The lowest BCUT2D eigenvalue weighted by atomic mass is 9.93. The summed E-state index contributed by atoms with van der Waals surface area (Å²) in [7, 11) is 0. The van der Waals surface area contributed by atoms with E-state index in [2.05, 4.69) is 21.2 Å². The second-order valence-corrected chi connectivity index (χ2v) is 9.19. The molecular weight excluding hydrogens is 426 g/mol. The Kier molecular flexibility index (Phi) is 5.61. The number of likely N-dealkylation sites (tertiary alicyclic amines) is 1. The highest BCUT2D eigenvalue weighted by Crippen LogP contribution is 2.26. The highest BCUT2D eigenvalue weighted by Gasteiger charge is 2.37. The van der Waals surface area contributed by atoms with E-state index in [1.54, 1.807) is 18.2 Å². The second-order valence-electron chi connectivity index (χ2n) is 8.27. The van der Waals surface area contributed by atoms with Crippen LogP contribution in [0.2, 0.25) is 0 Å². The van der Waals surface area contributed by atoms with Crippen LogP contribution < -0.4 is 5.32 Å². The molecule has 0 radical (unpaired) electrons. The second kappa shape index (κ2) is 7.66. The van der Waals surface area contributed by atoms with Crippen LogP contribution in [0.15, 0.2) is 22.7 Å². The lowest BCUT2D eigenvalue weighted by Crippen LogP contribution is -2.51. The Hall–Kier alpha value is -2.22. The number of rotatable bonds is 3. The summed E-state index contributed by atoms with van der Waals surface area (Å²) in [6.45, 7) is 6.55. The molecule has 0 atom stereocenters. The number of hydrogen-bond donors (Lipinski definition) is 1. The van der Waals surface area contributed by atoms with Gasteiger partial charge in [0.2, 0.25) is 11.8 Å². The van der Waals surface area contributed by atoms with Crippen LogP contribution in [0.25, 0.3) is 0 Å². The summed E-state index contributed by atoms with van der Waals surface area (Å²) in [5, 5.41) is 2.89. The molecule has 28 heavy (non-hydrogen) atoms. The summed E-state index contributed by atoms with van der Waals surface area (Å²) in [6, 6.07) is 4.80. The molecule has 0 unspecified atom stereocenters. The van der Waals surface area contributed by atoms with Gasteiger partial charge in [-0.25, -0.2) is 0 Å². The first kappa shape index (κ1) is 20.5. The molecule has 1 saturated heterocycles. The monoisotopic (exact) mass is 449 g/mol. The molecule has 0 aromatic heterocycles. The number of amides is 4. The van der Waals surface area contributed by atoms with Crippen molar-refractivity contribution < 1.29 is 19.2 Å². The molecule has 0 aliphatic carbocycles. The molecule has 7 nitrogen and oxygen atoms in total. The molecule has 1 aromatic rings. The lowest BCUT2D eigenvalue weighted by molar-refractivity contribution is -0.140. The summed E-state index contributed by atoms with van der Waals surface area (Å²) < 4.78 is 0.704. The zero-order valence-electron chi connectivity index (χ0n) is 16.3. The maximum absolute atomic E-state index is 12.5. The van der Waals surface area contributed by atoms with Crippen molar-refractivity contribution >= 4 is 39.6 Å². The van der Waals surface area contributed by atoms with Gasteiger partial charge in [-0.3, -0.25) is 24.1 Å². The maximum atomic E-state index is 12.5. The fourth-order valence-corrected chi connectivity index (χ4v) is 3.89. The van der Waals surface area contributed by atoms with Gasteiger partial charge in [0, 0.05) is 29.0 Å². The van der Waals surface area contributed by atoms with E-state index in [-0.39, 0.29) is 24.4 Å². The molecule has 2 heterocycles. The third-order valence-electron chi connectivity index (χ3n) is 5.02. The molecule has 3 rings (SSSR count). The van der Waals surface area contributed by atoms with Gasteiger partial charge in [-0.15, -0.1) is 0 Å². The standard InChI is InChI=1S/C20H24BrN3O4/c1-20(2,3)19(28)23-8-6-13(7-9-23)22-16(25)11-24-17(26)14-5-4-12(21)10-15(14)18(24)27/h4-5,10,13H,6-9,11H2,1-3H3,(H,22,25). The number of carbonyl (C=O) groups excluding carboxylic acids is 4. The van der Waals surface area contributed by atoms with E-state index in [9.17, 15) is 19.2 Å². The summed E-state index contributed by atoms with van der Waals surface area (Å²) in [4.78, 5) is 52.4. The summed E-state index contributed by atoms with van der Waals surface area (Å²) in [6.07, 6.45) is 1.31. The largest absolute Gasteiger partial charge is 0.352 e. The summed E-state index contributed by atoms with van der Waals surface area (Å²) >= 11 is 3.29. The number of hydrogen-bond acceptors (Lipinski definition) is 4. The molecule has 0 spiro atoms. The SMILES string of the molecule is CC(C)(C)C(=O)N1CCC(NC(=O)CN2C(=O)c3ccc(Br)cc3C2=O)CC1. The van der Waals surface area contributed by atoms with E-state index in [0.29, 0.717) is 41.5 Å². The van der Waals surface area contributed by atoms with E-state index < -0.39 is 17.2 Å². The number of halogens is 1. The van der Waals surface area contributed by atoms with Crippen LogP contribution in [0.1, 0.15) is 54.3 Å². The molecule has 1 aromatic carbocycles. The van der Waals surface area contributed by atoms with E-state index in [4.69, 9.17) is 0 Å². The van der Waals surface area contributed by atoms with Crippen molar-refractivity contribution in [3.05, 3.63) is 33.8 Å². The first-order valence-corrected chi connectivity index (χ1v) is 10.1. The predicted octanol–water partition coefficient (Wildman–Crippen LogP) is 2.20. The predicted molar refractivity (Wildman–Crippen MR) is 107 cm³/mol. The van der Waals surface area contributed by atoms with Gasteiger partial charge in [-0.2, -0.15) is 0 Å². The van der Waals surface area contributed by atoms with Gasteiger partial charge in [0.1, 0.15) is 6.54 Å². The average molecular weight is 450 g/mol. The van der Waals surface area contributed by atoms with Crippen LogP contribution >= 0.6 is 15.9 Å². The zero-order chi connectivity index (χ0) is 20.6. The number of nitrogens with zero attached hydrogens (tertiary/aromatic N) is 2. The lowest BCUT2D eigenvalue weighted by Gasteiger charge is -2.36. The topological polar surface area (TPSA) is 86.8 Å². The number of benzene rings is 1. The molecule has 0 saturated carbocycles. The molecular formula is C20H24BrN3O4. The van der Waals surface area contributed by atoms with Crippen molar-refractivity contribution in [3.63, 3.8) is 0 Å². The normalized spacial score (nSPS) is 17.7.